The molecule has 0 spiro atoms. The summed E-state index contributed by atoms with van der Waals surface area (Å²) in [6, 6.07) is 5.20. The molecule has 0 unspecified atom stereocenters. The van der Waals surface area contributed by atoms with Crippen molar-refractivity contribution < 1.29 is 0 Å². The topological polar surface area (TPSA) is 0 Å². The van der Waals surface area contributed by atoms with Crippen LogP contribution < -0.4 is 0 Å². The van der Waals surface area contributed by atoms with Crippen molar-refractivity contribution in [2.75, 3.05) is 0 Å². The lowest BCUT2D eigenvalue weighted by Gasteiger charge is -2.16. The molecule has 0 aliphatic rings. The first-order valence-corrected chi connectivity index (χ1v) is 5.42. The van der Waals surface area contributed by atoms with Crippen molar-refractivity contribution in [2.24, 2.45) is 0 Å². The first-order valence-electron chi connectivity index (χ1n) is 3.37. The summed E-state index contributed by atoms with van der Waals surface area (Å²) in [4.78, 5) is 0. The highest BCUT2D eigenvalue weighted by molar-refractivity contribution is 6.67. The fourth-order valence-corrected chi connectivity index (χ4v) is 2.37. The van der Waals surface area contributed by atoms with Crippen LogP contribution in [-0.4, -0.2) is 0 Å². The predicted molar refractivity (Wildman–Crippen MR) is 60.2 cm³/mol. The van der Waals surface area contributed by atoms with Crippen LogP contribution >= 0.6 is 58.0 Å². The highest BCUT2D eigenvalue weighted by atomic mass is 35.6. The van der Waals surface area contributed by atoms with Crippen molar-refractivity contribution in [3.05, 3.63) is 34.3 Å². The van der Waals surface area contributed by atoms with Gasteiger partial charge < -0.3 is 0 Å². The molecule has 0 nitrogen and oxygen atoms in total. The van der Waals surface area contributed by atoms with E-state index in [4.69, 9.17) is 58.0 Å². The van der Waals surface area contributed by atoms with Crippen LogP contribution in [0.4, 0.5) is 0 Å². The average Bonchev–Trinajstić information content (AvgIpc) is 2.01. The summed E-state index contributed by atoms with van der Waals surface area (Å²) in [5, 5.41) is 0.415. The minimum atomic E-state index is -1.53. The van der Waals surface area contributed by atoms with Gasteiger partial charge in [0.1, 0.15) is 0 Å². The molecule has 0 heterocycles. The van der Waals surface area contributed by atoms with Gasteiger partial charge in [0.25, 0.3) is 0 Å². The van der Waals surface area contributed by atoms with Crippen LogP contribution in [0.25, 0.3) is 0 Å². The Morgan fingerprint density at radius 3 is 2.15 bits per heavy atom. The molecule has 13 heavy (non-hydrogen) atoms. The Hall–Kier alpha value is 0.670. The molecule has 0 aromatic heterocycles. The van der Waals surface area contributed by atoms with Gasteiger partial charge in [-0.3, -0.25) is 0 Å². The standard InChI is InChI=1S/C8H5Cl5/c9-4-5-2-1-3-6(10)7(5)8(11,12)13/h1-3H,4H2. The van der Waals surface area contributed by atoms with E-state index in [1.54, 1.807) is 18.2 Å². The first kappa shape index (κ1) is 11.7. The van der Waals surface area contributed by atoms with Crippen LogP contribution in [0.1, 0.15) is 11.1 Å². The molecule has 72 valence electrons. The highest BCUT2D eigenvalue weighted by Gasteiger charge is 2.28. The number of rotatable bonds is 1. The third-order valence-electron chi connectivity index (χ3n) is 1.53. The molecule has 0 bridgehead atoms. The van der Waals surface area contributed by atoms with Crippen molar-refractivity contribution in [2.45, 2.75) is 9.67 Å². The molecular formula is C8H5Cl5. The van der Waals surface area contributed by atoms with Crippen molar-refractivity contribution in [1.29, 1.82) is 0 Å². The quantitative estimate of drug-likeness (QED) is 0.641. The molecule has 1 rings (SSSR count). The maximum atomic E-state index is 5.88. The zero-order valence-electron chi connectivity index (χ0n) is 6.33. The van der Waals surface area contributed by atoms with Crippen LogP contribution in [0.3, 0.4) is 0 Å². The second-order valence-corrected chi connectivity index (χ2v) is 5.36. The summed E-state index contributed by atoms with van der Waals surface area (Å²) in [5.41, 5.74) is 1.19. The molecule has 0 radical (unpaired) electrons. The zero-order chi connectivity index (χ0) is 10.1. The van der Waals surface area contributed by atoms with E-state index in [0.717, 1.165) is 5.56 Å². The summed E-state index contributed by atoms with van der Waals surface area (Å²) >= 11 is 28.8. The molecule has 1 aromatic carbocycles. The average molecular weight is 278 g/mol. The Labute approximate surface area is 102 Å². The molecule has 0 saturated carbocycles. The van der Waals surface area contributed by atoms with E-state index in [2.05, 4.69) is 0 Å². The third kappa shape index (κ3) is 2.81. The van der Waals surface area contributed by atoms with Crippen molar-refractivity contribution in [3.63, 3.8) is 0 Å². The molecule has 0 amide bonds. The Kier molecular flexibility index (Phi) is 4.03. The number of hydrogen-bond acceptors (Lipinski definition) is 0. The minimum absolute atomic E-state index is 0.268. The van der Waals surface area contributed by atoms with Gasteiger partial charge in [-0.25, -0.2) is 0 Å². The first-order chi connectivity index (χ1) is 5.96. The summed E-state index contributed by atoms with van der Waals surface area (Å²) < 4.78 is -1.53. The van der Waals surface area contributed by atoms with Crippen LogP contribution in [0.15, 0.2) is 18.2 Å². The molecule has 0 fully saturated rings. The second kappa shape index (κ2) is 4.46. The Morgan fingerprint density at radius 2 is 1.77 bits per heavy atom. The summed E-state index contributed by atoms with van der Waals surface area (Å²) in [6.45, 7) is 0. The zero-order valence-corrected chi connectivity index (χ0v) is 10.1. The number of hydrogen-bond donors (Lipinski definition) is 0. The van der Waals surface area contributed by atoms with Gasteiger partial charge in [-0.05, 0) is 11.6 Å². The van der Waals surface area contributed by atoms with Gasteiger partial charge >= 0.3 is 0 Å². The number of benzene rings is 1. The second-order valence-electron chi connectivity index (χ2n) is 2.41. The Morgan fingerprint density at radius 1 is 1.15 bits per heavy atom. The van der Waals surface area contributed by atoms with E-state index in [1.165, 1.54) is 0 Å². The normalized spacial score (nSPS) is 11.8. The maximum Gasteiger partial charge on any atom is 0.217 e. The lowest BCUT2D eigenvalue weighted by Crippen LogP contribution is -2.05. The SMILES string of the molecule is ClCc1cccc(Cl)c1C(Cl)(Cl)Cl. The minimum Gasteiger partial charge on any atom is -0.122 e. The lowest BCUT2D eigenvalue weighted by atomic mass is 10.1. The van der Waals surface area contributed by atoms with E-state index < -0.39 is 3.79 Å². The van der Waals surface area contributed by atoms with Gasteiger partial charge in [0.2, 0.25) is 3.79 Å². The monoisotopic (exact) mass is 276 g/mol. The molecule has 0 aliphatic carbocycles. The third-order valence-corrected chi connectivity index (χ3v) is 2.70. The molecule has 0 N–H and O–H groups in total. The Balaban J connectivity index is 3.32. The van der Waals surface area contributed by atoms with Crippen LogP contribution in [0.2, 0.25) is 5.02 Å². The lowest BCUT2D eigenvalue weighted by molar-refractivity contribution is 1.17. The van der Waals surface area contributed by atoms with Gasteiger partial charge in [-0.15, -0.1) is 11.6 Å². The molecule has 0 aliphatic heterocycles. The number of alkyl halides is 4. The van der Waals surface area contributed by atoms with Crippen molar-refractivity contribution in [3.8, 4) is 0 Å². The molecule has 0 saturated heterocycles. The van der Waals surface area contributed by atoms with Gasteiger partial charge in [0.05, 0.1) is 0 Å². The fraction of sp³-hybridized carbons (Fsp3) is 0.250. The van der Waals surface area contributed by atoms with E-state index >= 15 is 0 Å². The van der Waals surface area contributed by atoms with E-state index in [-0.39, 0.29) is 5.88 Å². The van der Waals surface area contributed by atoms with Gasteiger partial charge in [0, 0.05) is 16.5 Å². The molecule has 0 atom stereocenters. The van der Waals surface area contributed by atoms with Crippen LogP contribution in [-0.2, 0) is 9.67 Å². The van der Waals surface area contributed by atoms with Crippen LogP contribution in [0.5, 0.6) is 0 Å². The Bertz CT molecular complexity index is 302. The maximum absolute atomic E-state index is 5.88. The predicted octanol–water partition coefficient (Wildman–Crippen LogP) is 4.91. The smallest absolute Gasteiger partial charge is 0.122 e. The molecular weight excluding hydrogens is 273 g/mol. The van der Waals surface area contributed by atoms with E-state index in [9.17, 15) is 0 Å². The van der Waals surface area contributed by atoms with Gasteiger partial charge in [-0.2, -0.15) is 0 Å². The molecule has 5 heteroatoms. The fourth-order valence-electron chi connectivity index (χ4n) is 0.998. The van der Waals surface area contributed by atoms with E-state index in [0.29, 0.717) is 10.6 Å². The summed E-state index contributed by atoms with van der Waals surface area (Å²) in [5.74, 6) is 0.268. The summed E-state index contributed by atoms with van der Waals surface area (Å²) in [6.07, 6.45) is 0. The number of halogens is 5. The van der Waals surface area contributed by atoms with Crippen LogP contribution in [0, 0.1) is 0 Å². The molecule has 1 aromatic rings. The largest absolute Gasteiger partial charge is 0.217 e. The van der Waals surface area contributed by atoms with Gasteiger partial charge in [-0.1, -0.05) is 58.5 Å². The highest BCUT2D eigenvalue weighted by Crippen LogP contribution is 2.43. The van der Waals surface area contributed by atoms with Crippen molar-refractivity contribution >= 4 is 58.0 Å². The summed E-state index contributed by atoms with van der Waals surface area (Å²) in [7, 11) is 0. The van der Waals surface area contributed by atoms with E-state index in [1.807, 2.05) is 0 Å². The van der Waals surface area contributed by atoms with Crippen molar-refractivity contribution in [1.82, 2.24) is 0 Å². The van der Waals surface area contributed by atoms with Gasteiger partial charge in [0.15, 0.2) is 0 Å².